The number of aliphatic hydroxyl groups is 1. The number of imidazole rings is 1. The van der Waals surface area contributed by atoms with Gasteiger partial charge in [-0.1, -0.05) is 6.92 Å². The molecule has 1 aromatic heterocycles. The number of aromatic nitrogens is 2. The number of carbonyl (C=O) groups is 1. The van der Waals surface area contributed by atoms with Crippen LogP contribution in [0.1, 0.15) is 42.9 Å². The number of fused-ring (bicyclic) bond motifs is 1. The molecule has 0 saturated heterocycles. The summed E-state index contributed by atoms with van der Waals surface area (Å²) in [6.07, 6.45) is 2.12. The van der Waals surface area contributed by atoms with Crippen molar-refractivity contribution in [3.8, 4) is 0 Å². The number of aryl methyl sites for hydroxylation is 2. The third-order valence-corrected chi connectivity index (χ3v) is 3.39. The first kappa shape index (κ1) is 14.5. The topological polar surface area (TPSA) is 75.3 Å². The molecule has 1 unspecified atom stereocenters. The highest BCUT2D eigenvalue weighted by molar-refractivity contribution is 5.92. The van der Waals surface area contributed by atoms with Crippen LogP contribution in [0.25, 0.3) is 11.0 Å². The molecular formula is C15H20N2O3. The molecule has 0 bridgehead atoms. The van der Waals surface area contributed by atoms with Crippen molar-refractivity contribution in [2.24, 2.45) is 0 Å². The minimum Gasteiger partial charge on any atom is -0.478 e. The van der Waals surface area contributed by atoms with Crippen LogP contribution in [0.15, 0.2) is 18.2 Å². The van der Waals surface area contributed by atoms with Crippen LogP contribution < -0.4 is 0 Å². The van der Waals surface area contributed by atoms with Gasteiger partial charge in [0, 0.05) is 13.0 Å². The molecule has 0 aliphatic rings. The molecule has 0 saturated carbocycles. The van der Waals surface area contributed by atoms with Crippen LogP contribution in [-0.2, 0) is 13.0 Å². The Morgan fingerprint density at radius 2 is 2.20 bits per heavy atom. The standard InChI is InChI=1S/C15H20N2O3/c1-3-14-16-12-9-11(15(19)20)6-7-13(12)17(14)8-4-5-10(2)18/h6-7,9-10,18H,3-5,8H2,1-2H3,(H,19,20). The first-order valence-electron chi connectivity index (χ1n) is 6.93. The molecule has 5 heteroatoms. The number of carboxylic acids is 1. The molecule has 0 spiro atoms. The number of nitrogens with zero attached hydrogens (tertiary/aromatic N) is 2. The molecule has 0 radical (unpaired) electrons. The summed E-state index contributed by atoms with van der Waals surface area (Å²) in [5, 5.41) is 18.3. The maximum atomic E-state index is 11.0. The first-order valence-corrected chi connectivity index (χ1v) is 6.93. The second-order valence-electron chi connectivity index (χ2n) is 5.03. The normalized spacial score (nSPS) is 12.8. The van der Waals surface area contributed by atoms with Crippen molar-refractivity contribution in [2.45, 2.75) is 45.8 Å². The predicted octanol–water partition coefficient (Wildman–Crippen LogP) is 2.46. The second kappa shape index (κ2) is 6.05. The predicted molar refractivity (Wildman–Crippen MR) is 77.0 cm³/mol. The number of benzene rings is 1. The fraction of sp³-hybridized carbons (Fsp3) is 0.467. The lowest BCUT2D eigenvalue weighted by Gasteiger charge is -2.09. The van der Waals surface area contributed by atoms with Gasteiger partial charge in [-0.15, -0.1) is 0 Å². The van der Waals surface area contributed by atoms with Crippen LogP contribution in [0, 0.1) is 0 Å². The number of aliphatic hydroxyl groups excluding tert-OH is 1. The highest BCUT2D eigenvalue weighted by Crippen LogP contribution is 2.19. The van der Waals surface area contributed by atoms with Gasteiger partial charge < -0.3 is 14.8 Å². The third kappa shape index (κ3) is 2.99. The van der Waals surface area contributed by atoms with E-state index in [1.807, 2.05) is 13.0 Å². The highest BCUT2D eigenvalue weighted by atomic mass is 16.4. The van der Waals surface area contributed by atoms with Crippen LogP contribution >= 0.6 is 0 Å². The van der Waals surface area contributed by atoms with Crippen LogP contribution in [0.4, 0.5) is 0 Å². The zero-order valence-corrected chi connectivity index (χ0v) is 11.8. The smallest absolute Gasteiger partial charge is 0.335 e. The van der Waals surface area contributed by atoms with Gasteiger partial charge in [0.15, 0.2) is 0 Å². The summed E-state index contributed by atoms with van der Waals surface area (Å²) in [7, 11) is 0. The Hall–Kier alpha value is -1.88. The zero-order chi connectivity index (χ0) is 14.7. The van der Waals surface area contributed by atoms with Gasteiger partial charge in [0.2, 0.25) is 0 Å². The summed E-state index contributed by atoms with van der Waals surface area (Å²) in [6, 6.07) is 5.03. The third-order valence-electron chi connectivity index (χ3n) is 3.39. The number of carboxylic acid groups (broad SMARTS) is 1. The van der Waals surface area contributed by atoms with Gasteiger partial charge in [0.05, 0.1) is 22.7 Å². The first-order chi connectivity index (χ1) is 9.52. The van der Waals surface area contributed by atoms with Crippen LogP contribution in [0.2, 0.25) is 0 Å². The minimum atomic E-state index is -0.936. The molecule has 0 fully saturated rings. The largest absolute Gasteiger partial charge is 0.478 e. The Morgan fingerprint density at radius 1 is 1.45 bits per heavy atom. The van der Waals surface area contributed by atoms with Gasteiger partial charge in [-0.25, -0.2) is 9.78 Å². The van der Waals surface area contributed by atoms with E-state index in [0.29, 0.717) is 0 Å². The van der Waals surface area contributed by atoms with E-state index in [9.17, 15) is 9.90 Å². The number of rotatable bonds is 6. The molecular weight excluding hydrogens is 256 g/mol. The van der Waals surface area contributed by atoms with Crippen molar-refractivity contribution >= 4 is 17.0 Å². The lowest BCUT2D eigenvalue weighted by molar-refractivity contribution is 0.0697. The molecule has 20 heavy (non-hydrogen) atoms. The average molecular weight is 276 g/mol. The van der Waals surface area contributed by atoms with E-state index in [2.05, 4.69) is 9.55 Å². The van der Waals surface area contributed by atoms with E-state index in [1.165, 1.54) is 0 Å². The fourth-order valence-corrected chi connectivity index (χ4v) is 2.38. The van der Waals surface area contributed by atoms with Crippen molar-refractivity contribution in [2.75, 3.05) is 0 Å². The maximum Gasteiger partial charge on any atom is 0.335 e. The Bertz CT molecular complexity index is 617. The molecule has 5 nitrogen and oxygen atoms in total. The van der Waals surface area contributed by atoms with Crippen LogP contribution in [0.5, 0.6) is 0 Å². The minimum absolute atomic E-state index is 0.258. The summed E-state index contributed by atoms with van der Waals surface area (Å²) in [5.41, 5.74) is 1.94. The van der Waals surface area contributed by atoms with Crippen molar-refractivity contribution in [1.82, 2.24) is 9.55 Å². The van der Waals surface area contributed by atoms with Gasteiger partial charge in [-0.2, -0.15) is 0 Å². The molecule has 108 valence electrons. The van der Waals surface area contributed by atoms with Gasteiger partial charge >= 0.3 is 5.97 Å². The van der Waals surface area contributed by atoms with Crippen molar-refractivity contribution < 1.29 is 15.0 Å². The van der Waals surface area contributed by atoms with Crippen molar-refractivity contribution in [3.63, 3.8) is 0 Å². The number of aromatic carboxylic acids is 1. The van der Waals surface area contributed by atoms with Crippen molar-refractivity contribution in [1.29, 1.82) is 0 Å². The SMILES string of the molecule is CCc1nc2cc(C(=O)O)ccc2n1CCCC(C)O. The number of hydrogen-bond acceptors (Lipinski definition) is 3. The zero-order valence-electron chi connectivity index (χ0n) is 11.8. The summed E-state index contributed by atoms with van der Waals surface area (Å²) in [4.78, 5) is 15.5. The number of hydrogen-bond donors (Lipinski definition) is 2. The molecule has 1 aromatic carbocycles. The molecule has 2 rings (SSSR count). The van der Waals surface area contributed by atoms with Gasteiger partial charge in [-0.05, 0) is 38.0 Å². The maximum absolute atomic E-state index is 11.0. The average Bonchev–Trinajstić information content (AvgIpc) is 2.75. The van der Waals surface area contributed by atoms with Crippen LogP contribution in [-0.4, -0.2) is 31.8 Å². The highest BCUT2D eigenvalue weighted by Gasteiger charge is 2.12. The molecule has 0 amide bonds. The summed E-state index contributed by atoms with van der Waals surface area (Å²) < 4.78 is 2.11. The van der Waals surface area contributed by atoms with E-state index < -0.39 is 5.97 Å². The van der Waals surface area contributed by atoms with Gasteiger partial charge in [0.25, 0.3) is 0 Å². The Morgan fingerprint density at radius 3 is 2.80 bits per heavy atom. The Labute approximate surface area is 117 Å². The van der Waals surface area contributed by atoms with E-state index >= 15 is 0 Å². The summed E-state index contributed by atoms with van der Waals surface area (Å²) in [5.74, 6) is 0.0155. The lowest BCUT2D eigenvalue weighted by atomic mass is 10.2. The van der Waals surface area contributed by atoms with E-state index in [4.69, 9.17) is 5.11 Å². The summed E-state index contributed by atoms with van der Waals surface area (Å²) >= 11 is 0. The monoisotopic (exact) mass is 276 g/mol. The molecule has 2 aromatic rings. The molecule has 0 aliphatic heterocycles. The molecule has 1 heterocycles. The van der Waals surface area contributed by atoms with Crippen molar-refractivity contribution in [3.05, 3.63) is 29.6 Å². The van der Waals surface area contributed by atoms with Gasteiger partial charge in [0.1, 0.15) is 5.82 Å². The van der Waals surface area contributed by atoms with E-state index in [-0.39, 0.29) is 11.7 Å². The van der Waals surface area contributed by atoms with E-state index in [0.717, 1.165) is 42.7 Å². The summed E-state index contributed by atoms with van der Waals surface area (Å²) in [6.45, 7) is 4.60. The Kier molecular flexibility index (Phi) is 4.39. The van der Waals surface area contributed by atoms with Crippen LogP contribution in [0.3, 0.4) is 0 Å². The van der Waals surface area contributed by atoms with Gasteiger partial charge in [-0.3, -0.25) is 0 Å². The Balaban J connectivity index is 2.34. The van der Waals surface area contributed by atoms with E-state index in [1.54, 1.807) is 19.1 Å². The second-order valence-corrected chi connectivity index (χ2v) is 5.03. The lowest BCUT2D eigenvalue weighted by Crippen LogP contribution is -2.06. The molecule has 0 aliphatic carbocycles. The molecule has 1 atom stereocenters. The fourth-order valence-electron chi connectivity index (χ4n) is 2.38. The molecule has 2 N–H and O–H groups in total. The quantitative estimate of drug-likeness (QED) is 0.849.